The lowest BCUT2D eigenvalue weighted by Gasteiger charge is -2.18. The van der Waals surface area contributed by atoms with Gasteiger partial charge in [-0.2, -0.15) is 13.2 Å². The van der Waals surface area contributed by atoms with Crippen LogP contribution in [0.25, 0.3) is 0 Å². The molecule has 0 unspecified atom stereocenters. The zero-order valence-electron chi connectivity index (χ0n) is 11.4. The summed E-state index contributed by atoms with van der Waals surface area (Å²) in [6.45, 7) is 0.815. The molecule has 1 aromatic heterocycles. The van der Waals surface area contributed by atoms with Crippen LogP contribution in [0.1, 0.15) is 16.2 Å². The van der Waals surface area contributed by atoms with Gasteiger partial charge in [0.25, 0.3) is 0 Å². The average Bonchev–Trinajstić information content (AvgIpc) is 2.92. The smallest absolute Gasteiger partial charge is 0.351 e. The zero-order chi connectivity index (χ0) is 15.6. The second kappa shape index (κ2) is 6.05. The molecule has 0 bridgehead atoms. The third-order valence-corrected chi connectivity index (χ3v) is 4.19. The van der Waals surface area contributed by atoms with Crippen LogP contribution < -0.4 is 5.32 Å². The Morgan fingerprint density at radius 1 is 1.48 bits per heavy atom. The van der Waals surface area contributed by atoms with Gasteiger partial charge in [0.05, 0.1) is 12.5 Å². The summed E-state index contributed by atoms with van der Waals surface area (Å²) in [5, 5.41) is 2.67. The molecule has 2 amide bonds. The van der Waals surface area contributed by atoms with Crippen molar-refractivity contribution in [1.29, 1.82) is 0 Å². The van der Waals surface area contributed by atoms with Crippen molar-refractivity contribution >= 4 is 23.2 Å². The molecule has 1 N–H and O–H groups in total. The molecule has 0 saturated carbocycles. The molecule has 0 radical (unpaired) electrons. The van der Waals surface area contributed by atoms with Gasteiger partial charge in [-0.05, 0) is 19.1 Å². The summed E-state index contributed by atoms with van der Waals surface area (Å²) in [6.07, 6.45) is -4.60. The number of rotatable bonds is 4. The molecule has 1 aromatic rings. The van der Waals surface area contributed by atoms with E-state index in [-0.39, 0.29) is 18.9 Å². The molecule has 0 aromatic carbocycles. The van der Waals surface area contributed by atoms with E-state index in [0.717, 1.165) is 9.75 Å². The van der Waals surface area contributed by atoms with E-state index in [1.807, 2.05) is 19.1 Å². The van der Waals surface area contributed by atoms with Crippen LogP contribution in [0.15, 0.2) is 12.1 Å². The maximum atomic E-state index is 12.3. The minimum atomic E-state index is -4.43. The topological polar surface area (TPSA) is 49.4 Å². The first kappa shape index (κ1) is 15.8. The van der Waals surface area contributed by atoms with Crippen molar-refractivity contribution in [3.63, 3.8) is 0 Å². The molecule has 1 aliphatic heterocycles. The van der Waals surface area contributed by atoms with Gasteiger partial charge in [-0.25, -0.2) is 0 Å². The highest BCUT2D eigenvalue weighted by Crippen LogP contribution is 2.24. The number of hydrogen-bond acceptors (Lipinski definition) is 3. The van der Waals surface area contributed by atoms with E-state index in [9.17, 15) is 22.8 Å². The largest absolute Gasteiger partial charge is 0.406 e. The molecule has 1 atom stereocenters. The number of nitrogens with zero attached hydrogens (tertiary/aromatic N) is 1. The maximum absolute atomic E-state index is 12.3. The zero-order valence-corrected chi connectivity index (χ0v) is 12.2. The van der Waals surface area contributed by atoms with Crippen LogP contribution in [0.5, 0.6) is 0 Å². The van der Waals surface area contributed by atoms with E-state index < -0.39 is 24.5 Å². The van der Waals surface area contributed by atoms with Crippen LogP contribution >= 0.6 is 11.3 Å². The number of carbonyl (C=O) groups is 2. The fraction of sp³-hybridized carbons (Fsp3) is 0.538. The molecule has 21 heavy (non-hydrogen) atoms. The number of amides is 2. The molecular weight excluding hydrogens is 305 g/mol. The van der Waals surface area contributed by atoms with Gasteiger partial charge in [0.15, 0.2) is 0 Å². The van der Waals surface area contributed by atoms with Gasteiger partial charge in [-0.15, -0.1) is 11.3 Å². The van der Waals surface area contributed by atoms with Gasteiger partial charge in [0.2, 0.25) is 11.8 Å². The average molecular weight is 320 g/mol. The van der Waals surface area contributed by atoms with E-state index in [0.29, 0.717) is 11.4 Å². The van der Waals surface area contributed by atoms with Crippen LogP contribution in [0.3, 0.4) is 0 Å². The van der Waals surface area contributed by atoms with Crippen molar-refractivity contribution in [2.45, 2.75) is 26.1 Å². The molecule has 4 nitrogen and oxygen atoms in total. The normalized spacial score (nSPS) is 19.1. The molecule has 1 aliphatic rings. The van der Waals surface area contributed by atoms with Gasteiger partial charge < -0.3 is 10.2 Å². The highest BCUT2D eigenvalue weighted by atomic mass is 32.1. The summed E-state index contributed by atoms with van der Waals surface area (Å²) in [6, 6.07) is 3.81. The quantitative estimate of drug-likeness (QED) is 0.923. The first-order valence-electron chi connectivity index (χ1n) is 6.42. The number of halogens is 3. The molecule has 1 saturated heterocycles. The third-order valence-electron chi connectivity index (χ3n) is 3.19. The summed E-state index contributed by atoms with van der Waals surface area (Å²) in [7, 11) is 0. The van der Waals surface area contributed by atoms with Crippen molar-refractivity contribution in [1.82, 2.24) is 10.2 Å². The highest BCUT2D eigenvalue weighted by Gasteiger charge is 2.40. The van der Waals surface area contributed by atoms with E-state index in [2.05, 4.69) is 5.32 Å². The van der Waals surface area contributed by atoms with E-state index >= 15 is 0 Å². The van der Waals surface area contributed by atoms with Crippen molar-refractivity contribution in [3.8, 4) is 0 Å². The number of thiophene rings is 1. The molecule has 2 rings (SSSR count). The third kappa shape index (κ3) is 4.45. The van der Waals surface area contributed by atoms with Crippen molar-refractivity contribution < 1.29 is 22.8 Å². The SMILES string of the molecule is Cc1ccc(CNC(=O)[C@@H]2CC(=O)N(CC(F)(F)F)C2)s1. The molecule has 0 spiro atoms. The van der Waals surface area contributed by atoms with Crippen molar-refractivity contribution in [2.75, 3.05) is 13.1 Å². The molecule has 8 heteroatoms. The number of likely N-dealkylation sites (tertiary alicyclic amines) is 1. The first-order chi connectivity index (χ1) is 9.74. The Balaban J connectivity index is 1.85. The standard InChI is InChI=1S/C13H15F3N2O2S/c1-8-2-3-10(21-8)5-17-12(20)9-4-11(19)18(6-9)7-13(14,15)16/h2-3,9H,4-7H2,1H3,(H,17,20)/t9-/m1/s1. The molecule has 2 heterocycles. The number of nitrogens with one attached hydrogen (secondary N) is 1. The summed E-state index contributed by atoms with van der Waals surface area (Å²) < 4.78 is 36.9. The minimum Gasteiger partial charge on any atom is -0.351 e. The fourth-order valence-electron chi connectivity index (χ4n) is 2.22. The lowest BCUT2D eigenvalue weighted by Crippen LogP contribution is -2.37. The number of hydrogen-bond donors (Lipinski definition) is 1. The highest BCUT2D eigenvalue weighted by molar-refractivity contribution is 7.11. The Hall–Kier alpha value is -1.57. The monoisotopic (exact) mass is 320 g/mol. The Labute approximate surface area is 123 Å². The second-order valence-electron chi connectivity index (χ2n) is 5.02. The van der Waals surface area contributed by atoms with Gasteiger partial charge in [-0.1, -0.05) is 0 Å². The van der Waals surface area contributed by atoms with E-state index in [4.69, 9.17) is 0 Å². The van der Waals surface area contributed by atoms with E-state index in [1.165, 1.54) is 0 Å². The summed E-state index contributed by atoms with van der Waals surface area (Å²) in [5.41, 5.74) is 0. The number of alkyl halides is 3. The maximum Gasteiger partial charge on any atom is 0.406 e. The molecule has 0 aliphatic carbocycles. The Morgan fingerprint density at radius 3 is 2.76 bits per heavy atom. The van der Waals surface area contributed by atoms with Crippen LogP contribution in [-0.4, -0.2) is 36.0 Å². The molecule has 1 fully saturated rings. The predicted octanol–water partition coefficient (Wildman–Crippen LogP) is 2.08. The summed E-state index contributed by atoms with van der Waals surface area (Å²) in [5.74, 6) is -1.71. The first-order valence-corrected chi connectivity index (χ1v) is 7.24. The van der Waals surface area contributed by atoms with E-state index in [1.54, 1.807) is 11.3 Å². The Bertz CT molecular complexity index is 542. The van der Waals surface area contributed by atoms with Gasteiger partial charge in [0.1, 0.15) is 6.54 Å². The second-order valence-corrected chi connectivity index (χ2v) is 6.39. The van der Waals surface area contributed by atoms with Crippen LogP contribution in [0.2, 0.25) is 0 Å². The number of carbonyl (C=O) groups excluding carboxylic acids is 2. The number of aryl methyl sites for hydroxylation is 1. The lowest BCUT2D eigenvalue weighted by atomic mass is 10.1. The molecule has 116 valence electrons. The minimum absolute atomic E-state index is 0.161. The fourth-order valence-corrected chi connectivity index (χ4v) is 3.05. The molecular formula is C13H15F3N2O2S. The summed E-state index contributed by atoms with van der Waals surface area (Å²) >= 11 is 1.54. The Kier molecular flexibility index (Phi) is 4.55. The van der Waals surface area contributed by atoms with Gasteiger partial charge in [-0.3, -0.25) is 9.59 Å². The van der Waals surface area contributed by atoms with Crippen LogP contribution in [0.4, 0.5) is 13.2 Å². The summed E-state index contributed by atoms with van der Waals surface area (Å²) in [4.78, 5) is 26.2. The van der Waals surface area contributed by atoms with Crippen LogP contribution in [-0.2, 0) is 16.1 Å². The van der Waals surface area contributed by atoms with Crippen molar-refractivity contribution in [3.05, 3.63) is 21.9 Å². The lowest BCUT2D eigenvalue weighted by molar-refractivity contribution is -0.157. The Morgan fingerprint density at radius 2 is 2.19 bits per heavy atom. The van der Waals surface area contributed by atoms with Crippen LogP contribution in [0, 0.1) is 12.8 Å². The predicted molar refractivity (Wildman–Crippen MR) is 71.6 cm³/mol. The van der Waals surface area contributed by atoms with Gasteiger partial charge in [0, 0.05) is 22.7 Å². The van der Waals surface area contributed by atoms with Crippen molar-refractivity contribution in [2.24, 2.45) is 5.92 Å². The van der Waals surface area contributed by atoms with Gasteiger partial charge >= 0.3 is 6.18 Å².